The molecule has 7 nitrogen and oxygen atoms in total. The van der Waals surface area contributed by atoms with Crippen molar-refractivity contribution < 1.29 is 20.2 Å². The van der Waals surface area contributed by atoms with Gasteiger partial charge < -0.3 is 20.8 Å². The first-order valence-corrected chi connectivity index (χ1v) is 12.8. The van der Waals surface area contributed by atoms with Crippen LogP contribution in [0.3, 0.4) is 0 Å². The first kappa shape index (κ1) is 30.3. The summed E-state index contributed by atoms with van der Waals surface area (Å²) in [4.78, 5) is 11.5. The predicted molar refractivity (Wildman–Crippen MR) is 127 cm³/mol. The fourth-order valence-corrected chi connectivity index (χ4v) is 3.86. The zero-order chi connectivity index (χ0) is 23.3. The van der Waals surface area contributed by atoms with Crippen molar-refractivity contribution >= 4 is 5.91 Å². The van der Waals surface area contributed by atoms with E-state index >= 15 is 0 Å². The van der Waals surface area contributed by atoms with Gasteiger partial charge in [0, 0.05) is 25.0 Å². The highest BCUT2D eigenvalue weighted by atomic mass is 16.5. The number of unbranched alkanes of at least 4 members (excludes halogenated alkanes) is 10. The Morgan fingerprint density at radius 2 is 1.19 bits per heavy atom. The third-order valence-corrected chi connectivity index (χ3v) is 6.08. The molecular formula is C24H51N3O4. The Morgan fingerprint density at radius 1 is 0.710 bits per heavy atom. The molecule has 0 aliphatic heterocycles. The van der Waals surface area contributed by atoms with Crippen LogP contribution in [0.1, 0.15) is 111 Å². The minimum absolute atomic E-state index is 0.0148. The van der Waals surface area contributed by atoms with E-state index in [-0.39, 0.29) is 12.5 Å². The Balaban J connectivity index is 4.08. The van der Waals surface area contributed by atoms with Gasteiger partial charge in [-0.05, 0) is 25.8 Å². The number of aliphatic hydroxyl groups is 2. The number of amides is 1. The maximum Gasteiger partial charge on any atom is 0.245 e. The van der Waals surface area contributed by atoms with Crippen molar-refractivity contribution in [1.29, 1.82) is 0 Å². The molecule has 4 unspecified atom stereocenters. The van der Waals surface area contributed by atoms with E-state index in [1.54, 1.807) is 5.48 Å². The fourth-order valence-electron chi connectivity index (χ4n) is 3.86. The van der Waals surface area contributed by atoms with Crippen LogP contribution < -0.4 is 16.1 Å². The average molecular weight is 446 g/mol. The molecule has 0 heterocycles. The maximum atomic E-state index is 11.5. The van der Waals surface area contributed by atoms with Gasteiger partial charge in [-0.15, -0.1) is 0 Å². The number of hydroxylamine groups is 1. The molecule has 31 heavy (non-hydrogen) atoms. The number of rotatable bonds is 22. The number of hydrogen-bond acceptors (Lipinski definition) is 6. The second kappa shape index (κ2) is 21.1. The van der Waals surface area contributed by atoms with Gasteiger partial charge in [-0.2, -0.15) is 0 Å². The van der Waals surface area contributed by atoms with Crippen molar-refractivity contribution in [3.8, 4) is 0 Å². The molecule has 0 radical (unpaired) electrons. The minimum Gasteiger partial charge on any atom is -0.392 e. The maximum absolute atomic E-state index is 11.5. The molecule has 0 aliphatic rings. The van der Waals surface area contributed by atoms with Crippen molar-refractivity contribution in [2.75, 3.05) is 13.1 Å². The lowest BCUT2D eigenvalue weighted by Crippen LogP contribution is -2.52. The summed E-state index contributed by atoms with van der Waals surface area (Å²) >= 11 is 0. The van der Waals surface area contributed by atoms with Crippen molar-refractivity contribution in [2.45, 2.75) is 135 Å². The molecule has 0 rings (SSSR count). The van der Waals surface area contributed by atoms with Crippen LogP contribution in [0.2, 0.25) is 0 Å². The van der Waals surface area contributed by atoms with Gasteiger partial charge in [-0.3, -0.25) is 10.0 Å². The number of hydrogen-bond donors (Lipinski definition) is 6. The first-order chi connectivity index (χ1) is 15.0. The molecule has 4 atom stereocenters. The van der Waals surface area contributed by atoms with E-state index in [0.717, 1.165) is 13.0 Å². The average Bonchev–Trinajstić information content (AvgIpc) is 2.79. The normalized spacial score (nSPS) is 15.4. The molecule has 0 aromatic heterocycles. The molecular weight excluding hydrogens is 394 g/mol. The highest BCUT2D eigenvalue weighted by Crippen LogP contribution is 2.11. The first-order valence-electron chi connectivity index (χ1n) is 12.8. The van der Waals surface area contributed by atoms with Gasteiger partial charge in [0.2, 0.25) is 5.91 Å². The van der Waals surface area contributed by atoms with E-state index in [0.29, 0.717) is 19.4 Å². The van der Waals surface area contributed by atoms with Crippen LogP contribution in [0.4, 0.5) is 0 Å². The summed E-state index contributed by atoms with van der Waals surface area (Å²) in [7, 11) is 0. The van der Waals surface area contributed by atoms with E-state index in [1.807, 2.05) is 13.8 Å². The number of nitrogens with one attached hydrogen (secondary N) is 3. The van der Waals surface area contributed by atoms with Crippen LogP contribution in [-0.4, -0.2) is 58.7 Å². The monoisotopic (exact) mass is 445 g/mol. The molecule has 0 saturated heterocycles. The summed E-state index contributed by atoms with van der Waals surface area (Å²) in [5.74, 6) is -0.536. The SMILES string of the molecule is CCCCCCCCCCCCCNC(CNC(CC(=O)NO)C(O)CC)C(O)CC. The summed E-state index contributed by atoms with van der Waals surface area (Å²) in [5.41, 5.74) is 1.62. The highest BCUT2D eigenvalue weighted by Gasteiger charge is 2.24. The Kier molecular flexibility index (Phi) is 20.6. The molecule has 186 valence electrons. The van der Waals surface area contributed by atoms with Crippen LogP contribution in [-0.2, 0) is 4.79 Å². The van der Waals surface area contributed by atoms with Gasteiger partial charge in [-0.1, -0.05) is 85.0 Å². The predicted octanol–water partition coefficient (Wildman–Crippen LogP) is 3.65. The molecule has 0 saturated carbocycles. The fraction of sp³-hybridized carbons (Fsp3) is 0.958. The summed E-state index contributed by atoms with van der Waals surface area (Å²) in [6.07, 6.45) is 14.3. The van der Waals surface area contributed by atoms with E-state index in [4.69, 9.17) is 5.21 Å². The second-order valence-corrected chi connectivity index (χ2v) is 8.80. The Morgan fingerprint density at radius 3 is 1.68 bits per heavy atom. The Bertz CT molecular complexity index is 412. The Hall–Kier alpha value is -0.730. The van der Waals surface area contributed by atoms with Crippen molar-refractivity contribution in [3.05, 3.63) is 0 Å². The lowest BCUT2D eigenvalue weighted by atomic mass is 10.0. The molecule has 0 fully saturated rings. The van der Waals surface area contributed by atoms with Gasteiger partial charge in [0.05, 0.1) is 12.2 Å². The van der Waals surface area contributed by atoms with Crippen LogP contribution >= 0.6 is 0 Å². The van der Waals surface area contributed by atoms with Gasteiger partial charge >= 0.3 is 0 Å². The van der Waals surface area contributed by atoms with Crippen LogP contribution in [0.25, 0.3) is 0 Å². The molecule has 0 aromatic carbocycles. The third-order valence-electron chi connectivity index (χ3n) is 6.08. The van der Waals surface area contributed by atoms with E-state index in [9.17, 15) is 15.0 Å². The summed E-state index contributed by atoms with van der Waals surface area (Å²) in [6, 6.07) is -0.607. The quantitative estimate of drug-likeness (QED) is 0.0861. The van der Waals surface area contributed by atoms with Crippen LogP contribution in [0.5, 0.6) is 0 Å². The largest absolute Gasteiger partial charge is 0.392 e. The molecule has 0 spiro atoms. The van der Waals surface area contributed by atoms with E-state index < -0.39 is 24.2 Å². The summed E-state index contributed by atoms with van der Waals surface area (Å²) in [6.45, 7) is 7.34. The van der Waals surface area contributed by atoms with Gasteiger partial charge in [0.15, 0.2) is 0 Å². The lowest BCUT2D eigenvalue weighted by Gasteiger charge is -2.28. The molecule has 7 heteroatoms. The zero-order valence-corrected chi connectivity index (χ0v) is 20.4. The van der Waals surface area contributed by atoms with E-state index in [2.05, 4.69) is 17.6 Å². The molecule has 0 aliphatic carbocycles. The van der Waals surface area contributed by atoms with E-state index in [1.165, 1.54) is 64.2 Å². The smallest absolute Gasteiger partial charge is 0.245 e. The van der Waals surface area contributed by atoms with Crippen LogP contribution in [0.15, 0.2) is 0 Å². The minimum atomic E-state index is -0.691. The van der Waals surface area contributed by atoms with Crippen molar-refractivity contribution in [1.82, 2.24) is 16.1 Å². The standard InChI is InChI=1S/C24H51N3O4/c1-4-7-8-9-10-11-12-13-14-15-16-17-25-21(23(29)6-3)19-26-20(22(28)5-2)18-24(30)27-31/h20-23,25-26,28-29,31H,4-19H2,1-3H3,(H,27,30). The highest BCUT2D eigenvalue weighted by molar-refractivity contribution is 5.75. The molecule has 6 N–H and O–H groups in total. The van der Waals surface area contributed by atoms with Gasteiger partial charge in [-0.25, -0.2) is 5.48 Å². The molecule has 0 bridgehead atoms. The Labute approximate surface area is 190 Å². The lowest BCUT2D eigenvalue weighted by molar-refractivity contribution is -0.130. The third kappa shape index (κ3) is 16.5. The zero-order valence-electron chi connectivity index (χ0n) is 20.4. The summed E-state index contributed by atoms with van der Waals surface area (Å²) in [5, 5.41) is 35.9. The van der Waals surface area contributed by atoms with Crippen molar-refractivity contribution in [2.24, 2.45) is 0 Å². The topological polar surface area (TPSA) is 114 Å². The number of carbonyl (C=O) groups excluding carboxylic acids is 1. The number of carbonyl (C=O) groups is 1. The van der Waals surface area contributed by atoms with Crippen LogP contribution in [0, 0.1) is 0 Å². The van der Waals surface area contributed by atoms with Gasteiger partial charge in [0.25, 0.3) is 0 Å². The summed E-state index contributed by atoms with van der Waals surface area (Å²) < 4.78 is 0. The second-order valence-electron chi connectivity index (χ2n) is 8.80. The molecule has 1 amide bonds. The van der Waals surface area contributed by atoms with Gasteiger partial charge in [0.1, 0.15) is 0 Å². The number of aliphatic hydroxyl groups excluding tert-OH is 2. The van der Waals surface area contributed by atoms with Crippen molar-refractivity contribution in [3.63, 3.8) is 0 Å². The molecule has 0 aromatic rings.